The molecule has 2 aromatic carbocycles. The molecule has 4 atom stereocenters. The summed E-state index contributed by atoms with van der Waals surface area (Å²) in [4.78, 5) is 30.2. The Balaban J connectivity index is 1.04. The van der Waals surface area contributed by atoms with Crippen LogP contribution in [-0.2, 0) is 28.9 Å². The molecule has 2 bridgehead atoms. The molecule has 2 unspecified atom stereocenters. The lowest BCUT2D eigenvalue weighted by Crippen LogP contribution is -2.52. The Morgan fingerprint density at radius 3 is 2.69 bits per heavy atom. The Morgan fingerprint density at radius 2 is 1.88 bits per heavy atom. The minimum absolute atomic E-state index is 0.0837. The van der Waals surface area contributed by atoms with E-state index in [9.17, 15) is 4.79 Å². The Hall–Kier alpha value is -3.67. The fourth-order valence-electron chi connectivity index (χ4n) is 9.31. The second-order valence-corrected chi connectivity index (χ2v) is 14.6. The summed E-state index contributed by atoms with van der Waals surface area (Å²) < 4.78 is 17.3. The first-order valence-corrected chi connectivity index (χ1v) is 18.5. The van der Waals surface area contributed by atoms with Crippen LogP contribution in [0.1, 0.15) is 62.3 Å². The fraction of sp³-hybridized carbons (Fsp3) is 0.605. The minimum atomic E-state index is -0.384. The van der Waals surface area contributed by atoms with Gasteiger partial charge in [-0.1, -0.05) is 37.3 Å². The van der Waals surface area contributed by atoms with Crippen molar-refractivity contribution < 1.29 is 19.0 Å². The SMILES string of the molecule is CCc1cccc2cccc(N3CCc4c(nc(OC[C@]56CCCN5[C@@H](COC(=O)NCCOC)CC6)nc4N4CC5CCC(C4)N5)C3)c12. The van der Waals surface area contributed by atoms with Gasteiger partial charge in [0.2, 0.25) is 0 Å². The highest BCUT2D eigenvalue weighted by Gasteiger charge is 2.50. The second-order valence-electron chi connectivity index (χ2n) is 14.6. The average Bonchev–Trinajstić information content (AvgIpc) is 3.81. The third kappa shape index (κ3) is 6.41. The molecule has 4 fully saturated rings. The van der Waals surface area contributed by atoms with Crippen LogP contribution in [0.25, 0.3) is 10.8 Å². The smallest absolute Gasteiger partial charge is 0.407 e. The van der Waals surface area contributed by atoms with Crippen LogP contribution in [0.15, 0.2) is 36.4 Å². The summed E-state index contributed by atoms with van der Waals surface area (Å²) in [6, 6.07) is 15.1. The zero-order valence-corrected chi connectivity index (χ0v) is 29.1. The van der Waals surface area contributed by atoms with Crippen LogP contribution >= 0.6 is 0 Å². The van der Waals surface area contributed by atoms with E-state index >= 15 is 0 Å². The number of piperazine rings is 1. The molecule has 11 heteroatoms. The highest BCUT2D eigenvalue weighted by molar-refractivity contribution is 5.97. The van der Waals surface area contributed by atoms with Crippen molar-refractivity contribution in [3.8, 4) is 6.01 Å². The summed E-state index contributed by atoms with van der Waals surface area (Å²) >= 11 is 0. The van der Waals surface area contributed by atoms with Gasteiger partial charge in [0.25, 0.3) is 0 Å². The standard InChI is InChI=1S/C38H51N7O4/c1-3-26-7-4-8-27-9-5-10-33(34(26)27)43-19-14-31-32(23-43)41-36(42-35(31)44-21-28-11-12-29(22-44)40-28)49-25-38-15-6-18-45(38)30(13-16-38)24-48-37(46)39-17-20-47-2/h4-5,7-10,28-30,40H,3,6,11-25H2,1-2H3,(H,39,46)/t28?,29?,30-,38-/m1/s1. The number of aryl methyl sites for hydroxylation is 1. The topological polar surface area (TPSA) is 104 Å². The molecule has 5 aliphatic heterocycles. The molecular weight excluding hydrogens is 618 g/mol. The molecule has 5 aliphatic rings. The highest BCUT2D eigenvalue weighted by Crippen LogP contribution is 2.43. The molecule has 1 aromatic heterocycles. The summed E-state index contributed by atoms with van der Waals surface area (Å²) in [5.41, 5.74) is 4.95. The van der Waals surface area contributed by atoms with E-state index < -0.39 is 0 Å². The fourth-order valence-corrected chi connectivity index (χ4v) is 9.31. The van der Waals surface area contributed by atoms with Crippen LogP contribution in [0.2, 0.25) is 0 Å². The lowest BCUT2D eigenvalue weighted by atomic mass is 9.95. The van der Waals surface area contributed by atoms with Gasteiger partial charge in [0, 0.05) is 68.1 Å². The van der Waals surface area contributed by atoms with Gasteiger partial charge < -0.3 is 34.6 Å². The number of amides is 1. The number of ether oxygens (including phenoxy) is 3. The minimum Gasteiger partial charge on any atom is -0.461 e. The average molecular weight is 670 g/mol. The highest BCUT2D eigenvalue weighted by atomic mass is 16.5. The number of benzene rings is 2. The first kappa shape index (κ1) is 32.5. The lowest BCUT2D eigenvalue weighted by Gasteiger charge is -2.38. The Morgan fingerprint density at radius 1 is 1.04 bits per heavy atom. The van der Waals surface area contributed by atoms with Crippen molar-refractivity contribution in [1.29, 1.82) is 0 Å². The van der Waals surface area contributed by atoms with Crippen LogP contribution in [0.4, 0.5) is 16.3 Å². The lowest BCUT2D eigenvalue weighted by molar-refractivity contribution is 0.0544. The van der Waals surface area contributed by atoms with Gasteiger partial charge in [0.05, 0.1) is 24.4 Å². The number of hydrogen-bond donors (Lipinski definition) is 2. The normalized spacial score (nSPS) is 26.2. The number of nitrogens with zero attached hydrogens (tertiary/aromatic N) is 5. The molecule has 4 saturated heterocycles. The molecular formula is C38H51N7O4. The Kier molecular flexibility index (Phi) is 9.24. The van der Waals surface area contributed by atoms with Crippen LogP contribution in [-0.4, -0.2) is 104 Å². The van der Waals surface area contributed by atoms with Crippen molar-refractivity contribution in [2.45, 2.75) is 88.5 Å². The Labute approximate surface area is 289 Å². The van der Waals surface area contributed by atoms with E-state index in [0.717, 1.165) is 82.8 Å². The van der Waals surface area contributed by atoms with Crippen molar-refractivity contribution in [2.75, 3.05) is 69.5 Å². The summed E-state index contributed by atoms with van der Waals surface area (Å²) in [5, 5.41) is 9.20. The largest absolute Gasteiger partial charge is 0.461 e. The number of nitrogens with one attached hydrogen (secondary N) is 2. The molecule has 3 aromatic rings. The molecule has 49 heavy (non-hydrogen) atoms. The first-order valence-electron chi connectivity index (χ1n) is 18.5. The number of carbonyl (C=O) groups excluding carboxylic acids is 1. The predicted octanol–water partition coefficient (Wildman–Crippen LogP) is 4.44. The molecule has 0 radical (unpaired) electrons. The Bertz CT molecular complexity index is 1650. The monoisotopic (exact) mass is 669 g/mol. The van der Waals surface area contributed by atoms with E-state index in [1.165, 1.54) is 40.4 Å². The zero-order valence-electron chi connectivity index (χ0n) is 29.1. The quantitative estimate of drug-likeness (QED) is 0.285. The maximum absolute atomic E-state index is 12.2. The molecule has 1 amide bonds. The molecule has 2 N–H and O–H groups in total. The van der Waals surface area contributed by atoms with E-state index in [-0.39, 0.29) is 17.7 Å². The van der Waals surface area contributed by atoms with Crippen LogP contribution in [0, 0.1) is 0 Å². The van der Waals surface area contributed by atoms with Crippen LogP contribution in [0.5, 0.6) is 6.01 Å². The number of aromatic nitrogens is 2. The van der Waals surface area contributed by atoms with Gasteiger partial charge in [-0.05, 0) is 74.9 Å². The number of carbonyl (C=O) groups is 1. The van der Waals surface area contributed by atoms with Gasteiger partial charge in [0.1, 0.15) is 19.0 Å². The number of hydrogen-bond acceptors (Lipinski definition) is 10. The zero-order chi connectivity index (χ0) is 33.4. The van der Waals surface area contributed by atoms with E-state index in [1.807, 2.05) is 0 Å². The molecule has 8 rings (SSSR count). The molecule has 6 heterocycles. The van der Waals surface area contributed by atoms with Crippen LogP contribution < -0.4 is 25.2 Å². The number of methoxy groups -OCH3 is 1. The third-order valence-corrected chi connectivity index (χ3v) is 11.7. The number of anilines is 2. The summed E-state index contributed by atoms with van der Waals surface area (Å²) in [6.45, 7) is 8.69. The van der Waals surface area contributed by atoms with Crippen molar-refractivity contribution >= 4 is 28.4 Å². The molecule has 262 valence electrons. The molecule has 0 spiro atoms. The maximum Gasteiger partial charge on any atom is 0.407 e. The molecule has 0 aliphatic carbocycles. The van der Waals surface area contributed by atoms with Crippen molar-refractivity contribution in [3.05, 3.63) is 53.2 Å². The maximum atomic E-state index is 12.2. The third-order valence-electron chi connectivity index (χ3n) is 11.7. The van der Waals surface area contributed by atoms with Crippen molar-refractivity contribution in [1.82, 2.24) is 25.5 Å². The first-order chi connectivity index (χ1) is 24.0. The van der Waals surface area contributed by atoms with Crippen LogP contribution in [0.3, 0.4) is 0 Å². The van der Waals surface area contributed by atoms with Gasteiger partial charge in [-0.15, -0.1) is 0 Å². The van der Waals surface area contributed by atoms with Gasteiger partial charge in [0.15, 0.2) is 0 Å². The van der Waals surface area contributed by atoms with Gasteiger partial charge >= 0.3 is 12.1 Å². The van der Waals surface area contributed by atoms with E-state index in [2.05, 4.69) is 68.7 Å². The van der Waals surface area contributed by atoms with E-state index in [4.69, 9.17) is 24.2 Å². The molecule has 0 saturated carbocycles. The van der Waals surface area contributed by atoms with Crippen molar-refractivity contribution in [3.63, 3.8) is 0 Å². The van der Waals surface area contributed by atoms with Gasteiger partial charge in [-0.25, -0.2) is 4.79 Å². The second kappa shape index (κ2) is 13.9. The number of rotatable bonds is 11. The summed E-state index contributed by atoms with van der Waals surface area (Å²) in [7, 11) is 1.62. The van der Waals surface area contributed by atoms with E-state index in [1.54, 1.807) is 7.11 Å². The summed E-state index contributed by atoms with van der Waals surface area (Å²) in [6.07, 6.45) is 8.15. The summed E-state index contributed by atoms with van der Waals surface area (Å²) in [5.74, 6) is 1.07. The number of fused-ring (bicyclic) bond motifs is 5. The van der Waals surface area contributed by atoms with Gasteiger partial charge in [-0.2, -0.15) is 9.97 Å². The number of alkyl carbamates (subject to hydrolysis) is 1. The predicted molar refractivity (Wildman–Crippen MR) is 191 cm³/mol. The molecule has 11 nitrogen and oxygen atoms in total. The van der Waals surface area contributed by atoms with E-state index in [0.29, 0.717) is 44.5 Å². The van der Waals surface area contributed by atoms with Gasteiger partial charge in [-0.3, -0.25) is 4.90 Å². The van der Waals surface area contributed by atoms with Crippen molar-refractivity contribution in [2.24, 2.45) is 0 Å².